The van der Waals surface area contributed by atoms with Gasteiger partial charge in [0.1, 0.15) is 4.21 Å². The van der Waals surface area contributed by atoms with Crippen molar-refractivity contribution in [3.8, 4) is 0 Å². The second kappa shape index (κ2) is 6.36. The summed E-state index contributed by atoms with van der Waals surface area (Å²) in [6.07, 6.45) is 0. The van der Waals surface area contributed by atoms with E-state index in [1.165, 1.54) is 6.07 Å². The van der Waals surface area contributed by atoms with E-state index in [9.17, 15) is 13.2 Å². The Morgan fingerprint density at radius 3 is 2.57 bits per heavy atom. The molecule has 4 nitrogen and oxygen atoms in total. The summed E-state index contributed by atoms with van der Waals surface area (Å²) >= 11 is 6.86. The van der Waals surface area contributed by atoms with E-state index in [0.717, 1.165) is 11.3 Å². The molecule has 0 aliphatic carbocycles. The first-order valence-corrected chi connectivity index (χ1v) is 9.38. The van der Waals surface area contributed by atoms with Crippen molar-refractivity contribution in [3.05, 3.63) is 51.9 Å². The number of amides is 1. The molecule has 1 aromatic heterocycles. The van der Waals surface area contributed by atoms with Gasteiger partial charge in [0.05, 0.1) is 6.04 Å². The predicted molar refractivity (Wildman–Crippen MR) is 84.7 cm³/mol. The fourth-order valence-corrected chi connectivity index (χ4v) is 3.96. The van der Waals surface area contributed by atoms with Gasteiger partial charge in [-0.2, -0.15) is 0 Å². The average molecular weight is 364 g/mol. The normalized spacial score (nSPS) is 12.9. The van der Waals surface area contributed by atoms with Crippen LogP contribution in [-0.4, -0.2) is 14.3 Å². The molecule has 0 aliphatic heterocycles. The van der Waals surface area contributed by atoms with Gasteiger partial charge >= 0.3 is 0 Å². The minimum absolute atomic E-state index is 0.0584. The van der Waals surface area contributed by atoms with Crippen molar-refractivity contribution in [1.29, 1.82) is 0 Å². The van der Waals surface area contributed by atoms with Gasteiger partial charge in [-0.15, -0.1) is 11.3 Å². The number of hydrogen-bond acceptors (Lipinski definition) is 4. The van der Waals surface area contributed by atoms with E-state index < -0.39 is 9.05 Å². The Labute approximate surface area is 136 Å². The molecule has 0 saturated heterocycles. The maximum Gasteiger partial charge on any atom is 0.270 e. The highest BCUT2D eigenvalue weighted by Crippen LogP contribution is 2.29. The van der Waals surface area contributed by atoms with Crippen molar-refractivity contribution in [3.63, 3.8) is 0 Å². The van der Waals surface area contributed by atoms with Crippen LogP contribution in [0.4, 0.5) is 0 Å². The number of nitrogens with one attached hydrogen (secondary N) is 1. The lowest BCUT2D eigenvalue weighted by molar-refractivity contribution is 0.0940. The minimum Gasteiger partial charge on any atom is -0.345 e. The van der Waals surface area contributed by atoms with Crippen LogP contribution in [0.5, 0.6) is 0 Å². The SMILES string of the molecule is CC(NC(=O)c1cccc(Cl)c1)c1ccc(S(=O)(=O)Cl)s1. The van der Waals surface area contributed by atoms with Crippen molar-refractivity contribution in [2.24, 2.45) is 0 Å². The highest BCUT2D eigenvalue weighted by Gasteiger charge is 2.18. The van der Waals surface area contributed by atoms with E-state index in [1.54, 1.807) is 37.3 Å². The number of hydrogen-bond donors (Lipinski definition) is 1. The summed E-state index contributed by atoms with van der Waals surface area (Å²) < 4.78 is 22.5. The van der Waals surface area contributed by atoms with E-state index in [2.05, 4.69) is 5.32 Å². The van der Waals surface area contributed by atoms with Crippen LogP contribution in [0.2, 0.25) is 5.02 Å². The van der Waals surface area contributed by atoms with Crippen LogP contribution < -0.4 is 5.32 Å². The number of benzene rings is 1. The molecular weight excluding hydrogens is 353 g/mol. The van der Waals surface area contributed by atoms with Crippen LogP contribution in [-0.2, 0) is 9.05 Å². The van der Waals surface area contributed by atoms with Crippen LogP contribution >= 0.6 is 33.6 Å². The number of halogens is 2. The molecule has 1 heterocycles. The molecule has 0 spiro atoms. The van der Waals surface area contributed by atoms with E-state index >= 15 is 0 Å². The zero-order chi connectivity index (χ0) is 15.6. The van der Waals surface area contributed by atoms with E-state index in [4.69, 9.17) is 22.3 Å². The van der Waals surface area contributed by atoms with Gasteiger partial charge in [-0.25, -0.2) is 8.42 Å². The molecule has 1 unspecified atom stereocenters. The van der Waals surface area contributed by atoms with Crippen molar-refractivity contribution < 1.29 is 13.2 Å². The molecule has 2 rings (SSSR count). The van der Waals surface area contributed by atoms with Crippen molar-refractivity contribution in [2.45, 2.75) is 17.2 Å². The highest BCUT2D eigenvalue weighted by molar-refractivity contribution is 8.15. The molecule has 1 amide bonds. The maximum absolute atomic E-state index is 12.1. The lowest BCUT2D eigenvalue weighted by atomic mass is 10.2. The molecule has 1 atom stereocenters. The van der Waals surface area contributed by atoms with Crippen molar-refractivity contribution in [2.75, 3.05) is 0 Å². The zero-order valence-corrected chi connectivity index (χ0v) is 14.0. The highest BCUT2D eigenvalue weighted by atomic mass is 35.7. The third-order valence-electron chi connectivity index (χ3n) is 2.70. The summed E-state index contributed by atoms with van der Waals surface area (Å²) in [7, 11) is 1.54. The van der Waals surface area contributed by atoms with Crippen molar-refractivity contribution in [1.82, 2.24) is 5.32 Å². The second-order valence-electron chi connectivity index (χ2n) is 4.30. The van der Waals surface area contributed by atoms with Gasteiger partial charge in [0.25, 0.3) is 15.0 Å². The molecule has 8 heteroatoms. The average Bonchev–Trinajstić information content (AvgIpc) is 2.88. The van der Waals surface area contributed by atoms with Crippen LogP contribution in [0.25, 0.3) is 0 Å². The predicted octanol–water partition coefficient (Wildman–Crippen LogP) is 3.82. The fraction of sp³-hybridized carbons (Fsp3) is 0.154. The third kappa shape index (κ3) is 4.20. The molecule has 0 radical (unpaired) electrons. The minimum atomic E-state index is -3.74. The summed E-state index contributed by atoms with van der Waals surface area (Å²) in [6, 6.07) is 9.29. The van der Waals surface area contributed by atoms with Crippen LogP contribution in [0.1, 0.15) is 28.2 Å². The molecule has 112 valence electrons. The largest absolute Gasteiger partial charge is 0.345 e. The standard InChI is InChI=1S/C13H11Cl2NO3S2/c1-8(11-5-6-12(20-11)21(15,18)19)16-13(17)9-3-2-4-10(14)7-9/h2-8H,1H3,(H,16,17). The smallest absolute Gasteiger partial charge is 0.270 e. The first kappa shape index (κ1) is 16.3. The van der Waals surface area contributed by atoms with Gasteiger partial charge in [-0.05, 0) is 37.3 Å². The molecular formula is C13H11Cl2NO3S2. The van der Waals surface area contributed by atoms with Crippen LogP contribution in [0, 0.1) is 0 Å². The molecule has 1 N–H and O–H groups in total. The van der Waals surface area contributed by atoms with Gasteiger partial charge in [0.15, 0.2) is 0 Å². The van der Waals surface area contributed by atoms with Gasteiger partial charge in [0, 0.05) is 26.1 Å². The lowest BCUT2D eigenvalue weighted by Gasteiger charge is -2.12. The van der Waals surface area contributed by atoms with Crippen LogP contribution in [0.15, 0.2) is 40.6 Å². The maximum atomic E-state index is 12.1. The number of thiophene rings is 1. The molecule has 0 fully saturated rings. The summed E-state index contributed by atoms with van der Waals surface area (Å²) in [5.74, 6) is -0.284. The lowest BCUT2D eigenvalue weighted by Crippen LogP contribution is -2.26. The summed E-state index contributed by atoms with van der Waals surface area (Å²) in [5.41, 5.74) is 0.441. The summed E-state index contributed by atoms with van der Waals surface area (Å²) in [5, 5.41) is 3.25. The molecule has 21 heavy (non-hydrogen) atoms. The second-order valence-corrected chi connectivity index (χ2v) is 8.64. The first-order valence-electron chi connectivity index (χ1n) is 5.88. The van der Waals surface area contributed by atoms with E-state index in [0.29, 0.717) is 15.5 Å². The monoisotopic (exact) mass is 363 g/mol. The molecule has 0 bridgehead atoms. The van der Waals surface area contributed by atoms with Gasteiger partial charge < -0.3 is 5.32 Å². The Bertz CT molecular complexity index is 771. The number of rotatable bonds is 4. The quantitative estimate of drug-likeness (QED) is 0.839. The molecule has 0 saturated carbocycles. The van der Waals surface area contributed by atoms with Crippen LogP contribution in [0.3, 0.4) is 0 Å². The summed E-state index contributed by atoms with van der Waals surface area (Å²) in [6.45, 7) is 1.76. The molecule has 2 aromatic rings. The number of carbonyl (C=O) groups excluding carboxylic acids is 1. The van der Waals surface area contributed by atoms with Gasteiger partial charge in [-0.1, -0.05) is 17.7 Å². The zero-order valence-electron chi connectivity index (χ0n) is 10.8. The topological polar surface area (TPSA) is 63.2 Å². The van der Waals surface area contributed by atoms with Gasteiger partial charge in [0.2, 0.25) is 0 Å². The molecule has 0 aliphatic rings. The van der Waals surface area contributed by atoms with Gasteiger partial charge in [-0.3, -0.25) is 4.79 Å². The Morgan fingerprint density at radius 1 is 1.29 bits per heavy atom. The Hall–Kier alpha value is -1.08. The van der Waals surface area contributed by atoms with Crippen molar-refractivity contribution >= 4 is 48.6 Å². The Kier molecular flexibility index (Phi) is 4.93. The Morgan fingerprint density at radius 2 is 2.00 bits per heavy atom. The Balaban J connectivity index is 2.13. The van der Waals surface area contributed by atoms with E-state index in [-0.39, 0.29) is 16.2 Å². The fourth-order valence-electron chi connectivity index (χ4n) is 1.68. The van der Waals surface area contributed by atoms with E-state index in [1.807, 2.05) is 0 Å². The summed E-state index contributed by atoms with van der Waals surface area (Å²) in [4.78, 5) is 12.8. The first-order chi connectivity index (χ1) is 9.77. The number of carbonyl (C=O) groups is 1. The third-order valence-corrected chi connectivity index (χ3v) is 6.30. The molecule has 1 aromatic carbocycles.